The number of piperidine rings is 1. The van der Waals surface area contributed by atoms with E-state index < -0.39 is 0 Å². The Hall–Kier alpha value is -3.26. The number of halogens is 1. The molecule has 0 bridgehead atoms. The summed E-state index contributed by atoms with van der Waals surface area (Å²) in [5, 5.41) is 4.65. The van der Waals surface area contributed by atoms with Gasteiger partial charge in [0, 0.05) is 30.7 Å². The highest BCUT2D eigenvalue weighted by Gasteiger charge is 2.31. The third-order valence-corrected chi connectivity index (χ3v) is 5.87. The Morgan fingerprint density at radius 3 is 2.69 bits per heavy atom. The third kappa shape index (κ3) is 4.50. The van der Waals surface area contributed by atoms with Crippen molar-refractivity contribution in [3.63, 3.8) is 0 Å². The summed E-state index contributed by atoms with van der Waals surface area (Å²) < 4.78 is 16.1. The first kappa shape index (κ1) is 22.0. The number of amides is 1. The number of ether oxygens (including phenoxy) is 2. The first-order valence-electron chi connectivity index (χ1n) is 10.3. The molecule has 0 saturated carbocycles. The highest BCUT2D eigenvalue weighted by atomic mass is 35.5. The monoisotopic (exact) mass is 456 g/mol. The minimum absolute atomic E-state index is 0.00911. The van der Waals surface area contributed by atoms with Gasteiger partial charge in [0.25, 0.3) is 0 Å². The van der Waals surface area contributed by atoms with Crippen molar-refractivity contribution in [3.05, 3.63) is 47.5 Å². The molecule has 2 heterocycles. The number of hydrogen-bond donors (Lipinski definition) is 0. The Morgan fingerprint density at radius 2 is 1.97 bits per heavy atom. The van der Waals surface area contributed by atoms with Gasteiger partial charge in [-0.05, 0) is 55.3 Å². The lowest BCUT2D eigenvalue weighted by Crippen LogP contribution is -2.44. The summed E-state index contributed by atoms with van der Waals surface area (Å²) in [7, 11) is 4.93. The number of carbonyl (C=O) groups is 1. The molecule has 1 amide bonds. The van der Waals surface area contributed by atoms with Gasteiger partial charge in [-0.1, -0.05) is 16.8 Å². The average molecular weight is 457 g/mol. The van der Waals surface area contributed by atoms with Gasteiger partial charge < -0.3 is 23.8 Å². The maximum absolute atomic E-state index is 13.3. The maximum Gasteiger partial charge on any atom is 0.324 e. The molecule has 168 valence electrons. The van der Waals surface area contributed by atoms with Crippen LogP contribution in [0.1, 0.15) is 12.8 Å². The summed E-state index contributed by atoms with van der Waals surface area (Å²) in [6.07, 6.45) is 1.62. The van der Waals surface area contributed by atoms with Crippen molar-refractivity contribution >= 4 is 29.2 Å². The van der Waals surface area contributed by atoms with Gasteiger partial charge in [-0.25, -0.2) is 0 Å². The zero-order valence-electron chi connectivity index (χ0n) is 18.2. The summed E-state index contributed by atoms with van der Waals surface area (Å²) in [6, 6.07) is 13.1. The van der Waals surface area contributed by atoms with Crippen molar-refractivity contribution in [2.24, 2.45) is 5.92 Å². The van der Waals surface area contributed by atoms with Crippen LogP contribution in [0.15, 0.2) is 47.0 Å². The first-order valence-corrected chi connectivity index (χ1v) is 10.7. The zero-order chi connectivity index (χ0) is 22.7. The number of aromatic nitrogens is 2. The molecule has 1 saturated heterocycles. The highest BCUT2D eigenvalue weighted by molar-refractivity contribution is 6.31. The van der Waals surface area contributed by atoms with Crippen molar-refractivity contribution in [2.45, 2.75) is 12.8 Å². The molecule has 1 unspecified atom stereocenters. The SMILES string of the molecule is COc1ccc(-c2noc(N3CCCC(C(=O)N(C)c4cc(Cl)ccc4OC)C3)n2)cc1. The Balaban J connectivity index is 1.48. The molecule has 9 heteroatoms. The fourth-order valence-electron chi connectivity index (χ4n) is 3.87. The lowest BCUT2D eigenvalue weighted by Gasteiger charge is -2.33. The number of nitrogens with zero attached hydrogens (tertiary/aromatic N) is 4. The predicted octanol–water partition coefficient (Wildman–Crippen LogP) is 4.29. The van der Waals surface area contributed by atoms with Crippen molar-refractivity contribution in [3.8, 4) is 22.9 Å². The summed E-state index contributed by atoms with van der Waals surface area (Å²) in [5.74, 6) is 1.63. The Morgan fingerprint density at radius 1 is 1.19 bits per heavy atom. The van der Waals surface area contributed by atoms with Crippen LogP contribution >= 0.6 is 11.6 Å². The number of hydrogen-bond acceptors (Lipinski definition) is 7. The van der Waals surface area contributed by atoms with Crippen LogP contribution in [-0.2, 0) is 4.79 Å². The van der Waals surface area contributed by atoms with Gasteiger partial charge in [0.2, 0.25) is 11.7 Å². The summed E-state index contributed by atoms with van der Waals surface area (Å²) in [4.78, 5) is 21.4. The molecule has 0 radical (unpaired) electrons. The van der Waals surface area contributed by atoms with E-state index in [0.29, 0.717) is 34.8 Å². The normalized spacial score (nSPS) is 16.0. The number of anilines is 2. The number of rotatable bonds is 6. The fourth-order valence-corrected chi connectivity index (χ4v) is 4.04. The van der Waals surface area contributed by atoms with Crippen LogP contribution in [-0.4, -0.2) is 50.4 Å². The summed E-state index contributed by atoms with van der Waals surface area (Å²) in [6.45, 7) is 1.24. The van der Waals surface area contributed by atoms with E-state index in [1.807, 2.05) is 29.2 Å². The van der Waals surface area contributed by atoms with Crippen molar-refractivity contribution < 1.29 is 18.8 Å². The predicted molar refractivity (Wildman–Crippen MR) is 123 cm³/mol. The van der Waals surface area contributed by atoms with E-state index in [-0.39, 0.29) is 11.8 Å². The van der Waals surface area contributed by atoms with Crippen molar-refractivity contribution in [1.82, 2.24) is 10.1 Å². The molecule has 1 fully saturated rings. The van der Waals surface area contributed by atoms with Crippen molar-refractivity contribution in [1.29, 1.82) is 0 Å². The maximum atomic E-state index is 13.3. The lowest BCUT2D eigenvalue weighted by molar-refractivity contribution is -0.122. The quantitative estimate of drug-likeness (QED) is 0.547. The van der Waals surface area contributed by atoms with Crippen LogP contribution < -0.4 is 19.3 Å². The standard InChI is InChI=1S/C23H25ClN4O4/c1-27(19-13-17(24)8-11-20(19)31-3)22(29)16-5-4-12-28(14-16)23-25-21(26-32-23)15-6-9-18(30-2)10-7-15/h6-11,13,16H,4-5,12,14H2,1-3H3. The summed E-state index contributed by atoms with van der Waals surface area (Å²) >= 11 is 6.14. The molecule has 8 nitrogen and oxygen atoms in total. The van der Waals surface area contributed by atoms with E-state index >= 15 is 0 Å². The minimum Gasteiger partial charge on any atom is -0.497 e. The van der Waals surface area contributed by atoms with Gasteiger partial charge in [-0.2, -0.15) is 4.98 Å². The van der Waals surface area contributed by atoms with Crippen LogP contribution in [0.4, 0.5) is 11.7 Å². The second-order valence-electron chi connectivity index (χ2n) is 7.63. The topological polar surface area (TPSA) is 80.9 Å². The van der Waals surface area contributed by atoms with Gasteiger partial charge >= 0.3 is 6.01 Å². The van der Waals surface area contributed by atoms with Crippen LogP contribution in [0.5, 0.6) is 11.5 Å². The smallest absolute Gasteiger partial charge is 0.324 e. The molecule has 4 rings (SSSR count). The highest BCUT2D eigenvalue weighted by Crippen LogP contribution is 2.33. The van der Waals surface area contributed by atoms with Crippen LogP contribution in [0.25, 0.3) is 11.4 Å². The van der Waals surface area contributed by atoms with E-state index in [1.54, 1.807) is 44.4 Å². The Bertz CT molecular complexity index is 1090. The summed E-state index contributed by atoms with van der Waals surface area (Å²) in [5.41, 5.74) is 1.47. The molecule has 0 spiro atoms. The minimum atomic E-state index is -0.214. The van der Waals surface area contributed by atoms with Crippen LogP contribution in [0, 0.1) is 5.92 Å². The molecule has 0 N–H and O–H groups in total. The van der Waals surface area contributed by atoms with Gasteiger partial charge in [0.15, 0.2) is 0 Å². The first-order chi connectivity index (χ1) is 15.5. The molecule has 3 aromatic rings. The number of methoxy groups -OCH3 is 2. The van der Waals surface area contributed by atoms with E-state index in [2.05, 4.69) is 10.1 Å². The van der Waals surface area contributed by atoms with Gasteiger partial charge in [0.1, 0.15) is 11.5 Å². The number of carbonyl (C=O) groups excluding carboxylic acids is 1. The van der Waals surface area contributed by atoms with Gasteiger partial charge in [-0.15, -0.1) is 0 Å². The largest absolute Gasteiger partial charge is 0.497 e. The van der Waals surface area contributed by atoms with E-state index in [0.717, 1.165) is 30.7 Å². The van der Waals surface area contributed by atoms with E-state index in [9.17, 15) is 4.79 Å². The fraction of sp³-hybridized carbons (Fsp3) is 0.348. The van der Waals surface area contributed by atoms with E-state index in [4.69, 9.17) is 25.6 Å². The molecule has 0 aliphatic carbocycles. The second-order valence-corrected chi connectivity index (χ2v) is 8.06. The van der Waals surface area contributed by atoms with Crippen LogP contribution in [0.2, 0.25) is 5.02 Å². The average Bonchev–Trinajstić information content (AvgIpc) is 3.33. The molecule has 1 atom stereocenters. The zero-order valence-corrected chi connectivity index (χ0v) is 19.0. The molecular weight excluding hydrogens is 432 g/mol. The second kappa shape index (κ2) is 9.48. The van der Waals surface area contributed by atoms with Crippen LogP contribution in [0.3, 0.4) is 0 Å². The van der Waals surface area contributed by atoms with Gasteiger partial charge in [-0.3, -0.25) is 4.79 Å². The lowest BCUT2D eigenvalue weighted by atomic mass is 9.96. The van der Waals surface area contributed by atoms with E-state index in [1.165, 1.54) is 0 Å². The Labute approximate surface area is 191 Å². The third-order valence-electron chi connectivity index (χ3n) is 5.64. The molecular formula is C23H25ClN4O4. The Kier molecular flexibility index (Phi) is 6.50. The van der Waals surface area contributed by atoms with Gasteiger partial charge in [0.05, 0.1) is 25.8 Å². The molecule has 1 aliphatic heterocycles. The molecule has 32 heavy (non-hydrogen) atoms. The van der Waals surface area contributed by atoms with Crippen molar-refractivity contribution in [2.75, 3.05) is 44.2 Å². The molecule has 1 aliphatic rings. The number of benzene rings is 2. The molecule has 1 aromatic heterocycles. The molecule has 2 aromatic carbocycles.